The summed E-state index contributed by atoms with van der Waals surface area (Å²) in [7, 11) is 1.66. The predicted octanol–water partition coefficient (Wildman–Crippen LogP) is 2.78. The van der Waals surface area contributed by atoms with Crippen LogP contribution in [0.15, 0.2) is 24.3 Å². The van der Waals surface area contributed by atoms with Gasteiger partial charge in [-0.15, -0.1) is 0 Å². The van der Waals surface area contributed by atoms with Gasteiger partial charge in [0.15, 0.2) is 0 Å². The fraction of sp³-hybridized carbons (Fsp3) is 0.429. The molecule has 1 fully saturated rings. The Morgan fingerprint density at radius 3 is 2.43 bits per heavy atom. The second-order valence-corrected chi connectivity index (χ2v) is 6.80. The van der Waals surface area contributed by atoms with Crippen LogP contribution >= 0.6 is 0 Å². The van der Waals surface area contributed by atoms with Crippen molar-refractivity contribution in [3.8, 4) is 5.75 Å². The van der Waals surface area contributed by atoms with Crippen LogP contribution in [0.4, 0.5) is 5.69 Å². The number of hydrogen-bond donors (Lipinski definition) is 1. The van der Waals surface area contributed by atoms with E-state index < -0.39 is 5.97 Å². The minimum atomic E-state index is -0.395. The average molecular weight is 385 g/mol. The van der Waals surface area contributed by atoms with E-state index in [1.54, 1.807) is 27.9 Å². The number of rotatable bonds is 5. The lowest BCUT2D eigenvalue weighted by Crippen LogP contribution is -2.49. The van der Waals surface area contributed by atoms with Crippen molar-refractivity contribution in [2.24, 2.45) is 0 Å². The Hall–Kier alpha value is -2.96. The molecule has 1 aromatic carbocycles. The molecule has 1 amide bonds. The SMILES string of the molecule is CCOC(=O)c1c(C)[nH]c(C(=O)N2CCN(c3ccccc3OC)CC2)c1C. The predicted molar refractivity (Wildman–Crippen MR) is 107 cm³/mol. The standard InChI is InChI=1S/C21H27N3O4/c1-5-28-21(26)18-14(2)19(22-15(18)3)20(25)24-12-10-23(11-13-24)16-8-6-7-9-17(16)27-4/h6-9,22H,5,10-13H2,1-4H3. The van der Waals surface area contributed by atoms with Crippen LogP contribution in [0.1, 0.15) is 39.0 Å². The van der Waals surface area contributed by atoms with Crippen molar-refractivity contribution in [1.29, 1.82) is 0 Å². The van der Waals surface area contributed by atoms with E-state index in [9.17, 15) is 9.59 Å². The molecule has 0 saturated carbocycles. The highest BCUT2D eigenvalue weighted by atomic mass is 16.5. The number of hydrogen-bond acceptors (Lipinski definition) is 5. The Kier molecular flexibility index (Phi) is 5.92. The number of H-pyrrole nitrogens is 1. The molecule has 7 nitrogen and oxygen atoms in total. The van der Waals surface area contributed by atoms with E-state index >= 15 is 0 Å². The fourth-order valence-corrected chi connectivity index (χ4v) is 3.67. The summed E-state index contributed by atoms with van der Waals surface area (Å²) in [4.78, 5) is 32.3. The number of anilines is 1. The van der Waals surface area contributed by atoms with Gasteiger partial charge in [-0.05, 0) is 38.5 Å². The number of esters is 1. The number of para-hydroxylation sites is 2. The molecule has 0 aliphatic carbocycles. The molecule has 0 atom stereocenters. The summed E-state index contributed by atoms with van der Waals surface area (Å²) >= 11 is 0. The zero-order chi connectivity index (χ0) is 20.3. The molecule has 7 heteroatoms. The number of aryl methyl sites for hydroxylation is 1. The maximum atomic E-state index is 13.0. The third-order valence-corrected chi connectivity index (χ3v) is 5.12. The lowest BCUT2D eigenvalue weighted by molar-refractivity contribution is 0.0525. The molecule has 2 heterocycles. The molecule has 3 rings (SSSR count). The molecule has 2 aromatic rings. The Morgan fingerprint density at radius 1 is 1.11 bits per heavy atom. The summed E-state index contributed by atoms with van der Waals surface area (Å²) in [6.45, 7) is 8.28. The quantitative estimate of drug-likeness (QED) is 0.801. The van der Waals surface area contributed by atoms with Crippen molar-refractivity contribution in [1.82, 2.24) is 9.88 Å². The molecule has 0 bridgehead atoms. The maximum Gasteiger partial charge on any atom is 0.340 e. The molecule has 1 saturated heterocycles. The first-order valence-electron chi connectivity index (χ1n) is 9.51. The number of nitrogens with zero attached hydrogens (tertiary/aromatic N) is 2. The van der Waals surface area contributed by atoms with Gasteiger partial charge in [0, 0.05) is 31.9 Å². The average Bonchev–Trinajstić information content (AvgIpc) is 3.01. The number of aromatic nitrogens is 1. The van der Waals surface area contributed by atoms with Crippen LogP contribution in [-0.2, 0) is 4.74 Å². The van der Waals surface area contributed by atoms with Gasteiger partial charge < -0.3 is 24.3 Å². The topological polar surface area (TPSA) is 74.9 Å². The van der Waals surface area contributed by atoms with Crippen molar-refractivity contribution < 1.29 is 19.1 Å². The Bertz CT molecular complexity index is 867. The van der Waals surface area contributed by atoms with E-state index in [1.807, 2.05) is 29.2 Å². The Balaban J connectivity index is 1.72. The van der Waals surface area contributed by atoms with E-state index in [0.29, 0.717) is 42.2 Å². The second kappa shape index (κ2) is 8.37. The van der Waals surface area contributed by atoms with Gasteiger partial charge in [0.1, 0.15) is 11.4 Å². The lowest BCUT2D eigenvalue weighted by Gasteiger charge is -2.36. The molecular formula is C21H27N3O4. The van der Waals surface area contributed by atoms with Crippen molar-refractivity contribution >= 4 is 17.6 Å². The molecule has 0 unspecified atom stereocenters. The van der Waals surface area contributed by atoms with Crippen LogP contribution in [0.5, 0.6) is 5.75 Å². The first-order chi connectivity index (χ1) is 13.5. The number of piperazine rings is 1. The van der Waals surface area contributed by atoms with Crippen LogP contribution in [-0.4, -0.2) is 61.7 Å². The number of methoxy groups -OCH3 is 1. The van der Waals surface area contributed by atoms with E-state index in [-0.39, 0.29) is 5.91 Å². The number of ether oxygens (including phenoxy) is 2. The smallest absolute Gasteiger partial charge is 0.340 e. The van der Waals surface area contributed by atoms with Gasteiger partial charge in [0.25, 0.3) is 5.91 Å². The van der Waals surface area contributed by atoms with Crippen molar-refractivity contribution in [2.45, 2.75) is 20.8 Å². The summed E-state index contributed by atoms with van der Waals surface area (Å²) in [6.07, 6.45) is 0. The number of carbonyl (C=O) groups excluding carboxylic acids is 2. The molecule has 1 aromatic heterocycles. The second-order valence-electron chi connectivity index (χ2n) is 6.80. The normalized spacial score (nSPS) is 14.1. The number of nitrogens with one attached hydrogen (secondary N) is 1. The zero-order valence-electron chi connectivity index (χ0n) is 16.9. The van der Waals surface area contributed by atoms with Crippen LogP contribution in [0.25, 0.3) is 0 Å². The first-order valence-corrected chi connectivity index (χ1v) is 9.51. The number of benzene rings is 1. The summed E-state index contributed by atoms with van der Waals surface area (Å²) < 4.78 is 10.6. The molecule has 0 radical (unpaired) electrons. The van der Waals surface area contributed by atoms with E-state index in [4.69, 9.17) is 9.47 Å². The van der Waals surface area contributed by atoms with Crippen molar-refractivity contribution in [3.63, 3.8) is 0 Å². The first kappa shape index (κ1) is 19.8. The maximum absolute atomic E-state index is 13.0. The summed E-state index contributed by atoms with van der Waals surface area (Å²) in [5, 5.41) is 0. The molecule has 1 aliphatic rings. The van der Waals surface area contributed by atoms with Crippen LogP contribution in [0, 0.1) is 13.8 Å². The number of aromatic amines is 1. The molecule has 1 N–H and O–H groups in total. The van der Waals surface area contributed by atoms with Gasteiger partial charge in [-0.25, -0.2) is 4.79 Å². The van der Waals surface area contributed by atoms with Crippen molar-refractivity contribution in [3.05, 3.63) is 46.8 Å². The number of carbonyl (C=O) groups is 2. The van der Waals surface area contributed by atoms with Gasteiger partial charge in [-0.3, -0.25) is 4.79 Å². The van der Waals surface area contributed by atoms with Gasteiger partial charge in [0.2, 0.25) is 0 Å². The fourth-order valence-electron chi connectivity index (χ4n) is 3.67. The summed E-state index contributed by atoms with van der Waals surface area (Å²) in [5.74, 6) is 0.349. The highest BCUT2D eigenvalue weighted by Gasteiger charge is 2.28. The third-order valence-electron chi connectivity index (χ3n) is 5.12. The van der Waals surface area contributed by atoms with Crippen LogP contribution in [0.3, 0.4) is 0 Å². The molecule has 1 aliphatic heterocycles. The minimum absolute atomic E-state index is 0.0872. The van der Waals surface area contributed by atoms with Gasteiger partial charge in [-0.1, -0.05) is 12.1 Å². The lowest BCUT2D eigenvalue weighted by atomic mass is 10.1. The molecule has 150 valence electrons. The van der Waals surface area contributed by atoms with Crippen LogP contribution in [0.2, 0.25) is 0 Å². The molecular weight excluding hydrogens is 358 g/mol. The minimum Gasteiger partial charge on any atom is -0.495 e. The van der Waals surface area contributed by atoms with Crippen LogP contribution < -0.4 is 9.64 Å². The highest BCUT2D eigenvalue weighted by molar-refractivity contribution is 6.00. The highest BCUT2D eigenvalue weighted by Crippen LogP contribution is 2.29. The van der Waals surface area contributed by atoms with Gasteiger partial charge in [0.05, 0.1) is 25.0 Å². The Labute approximate surface area is 165 Å². The van der Waals surface area contributed by atoms with Gasteiger partial charge >= 0.3 is 5.97 Å². The Morgan fingerprint density at radius 2 is 1.79 bits per heavy atom. The van der Waals surface area contributed by atoms with E-state index in [1.165, 1.54) is 0 Å². The summed E-state index contributed by atoms with van der Waals surface area (Å²) in [5.41, 5.74) is 3.26. The zero-order valence-corrected chi connectivity index (χ0v) is 16.9. The van der Waals surface area contributed by atoms with E-state index in [0.717, 1.165) is 24.5 Å². The monoisotopic (exact) mass is 385 g/mol. The summed E-state index contributed by atoms with van der Waals surface area (Å²) in [6, 6.07) is 7.90. The van der Waals surface area contributed by atoms with E-state index in [2.05, 4.69) is 9.88 Å². The van der Waals surface area contributed by atoms with Crippen molar-refractivity contribution in [2.75, 3.05) is 44.8 Å². The molecule has 28 heavy (non-hydrogen) atoms. The largest absolute Gasteiger partial charge is 0.495 e. The molecule has 0 spiro atoms. The third kappa shape index (κ3) is 3.69. The number of amides is 1. The van der Waals surface area contributed by atoms with Gasteiger partial charge in [-0.2, -0.15) is 0 Å².